The lowest BCUT2D eigenvalue weighted by atomic mass is 10.1. The van der Waals surface area contributed by atoms with Gasteiger partial charge in [-0.2, -0.15) is 5.26 Å². The van der Waals surface area contributed by atoms with Crippen molar-refractivity contribution < 1.29 is 4.79 Å². The molecule has 0 spiro atoms. The maximum absolute atomic E-state index is 13.9. The second-order valence-electron chi connectivity index (χ2n) is 8.51. The van der Waals surface area contributed by atoms with Crippen molar-refractivity contribution in [1.29, 1.82) is 5.26 Å². The molecule has 3 N–H and O–H groups in total. The van der Waals surface area contributed by atoms with Crippen molar-refractivity contribution in [3.63, 3.8) is 0 Å². The Kier molecular flexibility index (Phi) is 7.09. The largest absolute Gasteiger partial charge is 0.358 e. The Labute approximate surface area is 209 Å². The third kappa shape index (κ3) is 4.61. The van der Waals surface area contributed by atoms with Crippen LogP contribution < -0.4 is 27.1 Å². The fourth-order valence-electron chi connectivity index (χ4n) is 4.48. The Balaban J connectivity index is 1.97. The quantitative estimate of drug-likeness (QED) is 0.467. The number of carbonyl (C=O) groups is 1. The first-order valence-electron chi connectivity index (χ1n) is 11.4. The van der Waals surface area contributed by atoms with Crippen molar-refractivity contribution in [1.82, 2.24) is 24.2 Å². The van der Waals surface area contributed by atoms with Crippen molar-refractivity contribution in [2.45, 2.75) is 45.4 Å². The Morgan fingerprint density at radius 1 is 1.31 bits per heavy atom. The summed E-state index contributed by atoms with van der Waals surface area (Å²) in [5.41, 5.74) is 6.26. The molecule has 0 aliphatic carbocycles. The number of hydrogen-bond donors (Lipinski definition) is 2. The van der Waals surface area contributed by atoms with Gasteiger partial charge in [-0.1, -0.05) is 22.0 Å². The first kappa shape index (κ1) is 24.7. The van der Waals surface area contributed by atoms with Crippen LogP contribution in [0.5, 0.6) is 0 Å². The van der Waals surface area contributed by atoms with Gasteiger partial charge in [-0.05, 0) is 37.5 Å². The molecule has 0 radical (unpaired) electrons. The van der Waals surface area contributed by atoms with Gasteiger partial charge in [-0.15, -0.1) is 0 Å². The average Bonchev–Trinajstić information content (AvgIpc) is 3.25. The number of hydrogen-bond acceptors (Lipinski definition) is 7. The maximum atomic E-state index is 13.9. The second-order valence-corrected chi connectivity index (χ2v) is 9.43. The minimum Gasteiger partial charge on any atom is -0.358 e. The molecule has 1 aliphatic rings. The smallest absolute Gasteiger partial charge is 0.294 e. The third-order valence-electron chi connectivity index (χ3n) is 6.25. The van der Waals surface area contributed by atoms with E-state index in [0.717, 1.165) is 28.5 Å². The summed E-state index contributed by atoms with van der Waals surface area (Å²) in [5, 5.41) is 12.1. The Bertz CT molecular complexity index is 1450. The molecule has 1 aliphatic heterocycles. The molecule has 11 nitrogen and oxygen atoms in total. The van der Waals surface area contributed by atoms with E-state index in [-0.39, 0.29) is 30.2 Å². The van der Waals surface area contributed by atoms with Crippen LogP contribution in [0.4, 0.5) is 5.95 Å². The number of nitrogens with zero attached hydrogens (tertiary/aromatic N) is 6. The summed E-state index contributed by atoms with van der Waals surface area (Å²) in [5.74, 6) is 0.0884. The molecule has 3 aromatic rings. The van der Waals surface area contributed by atoms with Gasteiger partial charge in [-0.25, -0.2) is 14.3 Å². The van der Waals surface area contributed by atoms with Gasteiger partial charge >= 0.3 is 0 Å². The number of aryl methyl sites for hydroxylation is 1. The van der Waals surface area contributed by atoms with Crippen molar-refractivity contribution in [3.8, 4) is 6.07 Å². The summed E-state index contributed by atoms with van der Waals surface area (Å²) >= 11 is 3.35. The van der Waals surface area contributed by atoms with Crippen molar-refractivity contribution >= 4 is 38.8 Å². The highest BCUT2D eigenvalue weighted by Crippen LogP contribution is 2.22. The zero-order valence-electron chi connectivity index (χ0n) is 19.6. The molecule has 4 rings (SSSR count). The number of imidazole rings is 1. The van der Waals surface area contributed by atoms with Crippen LogP contribution in [0.25, 0.3) is 11.0 Å². The number of likely N-dealkylation sites (N-methyl/N-ethyl adjacent to an activating group) is 1. The van der Waals surface area contributed by atoms with Gasteiger partial charge in [0.2, 0.25) is 11.9 Å². The highest BCUT2D eigenvalue weighted by Gasteiger charge is 2.27. The fraction of sp³-hybridized carbons (Fsp3) is 0.435. The van der Waals surface area contributed by atoms with Gasteiger partial charge in [0, 0.05) is 37.2 Å². The van der Waals surface area contributed by atoms with E-state index in [1.54, 1.807) is 22.8 Å². The van der Waals surface area contributed by atoms with Gasteiger partial charge in [0.15, 0.2) is 5.52 Å². The monoisotopic (exact) mass is 542 g/mol. The van der Waals surface area contributed by atoms with Crippen LogP contribution in [0.3, 0.4) is 0 Å². The van der Waals surface area contributed by atoms with Crippen LogP contribution in [0.2, 0.25) is 0 Å². The first-order chi connectivity index (χ1) is 16.8. The lowest BCUT2D eigenvalue weighted by molar-refractivity contribution is -0.121. The minimum absolute atomic E-state index is 0.0162. The molecule has 3 heterocycles. The number of fused-ring (bicyclic) bond motifs is 1. The van der Waals surface area contributed by atoms with E-state index in [0.29, 0.717) is 30.2 Å². The minimum atomic E-state index is -0.548. The molecule has 1 saturated heterocycles. The van der Waals surface area contributed by atoms with Gasteiger partial charge in [-0.3, -0.25) is 14.4 Å². The number of amides is 1. The molecule has 1 atom stereocenters. The molecule has 2 aromatic heterocycles. The molecule has 1 fully saturated rings. The van der Waals surface area contributed by atoms with Gasteiger partial charge < -0.3 is 20.5 Å². The van der Waals surface area contributed by atoms with Crippen LogP contribution in [0, 0.1) is 11.3 Å². The van der Waals surface area contributed by atoms with E-state index in [9.17, 15) is 19.6 Å². The van der Waals surface area contributed by atoms with Gasteiger partial charge in [0.05, 0.1) is 18.2 Å². The highest BCUT2D eigenvalue weighted by molar-refractivity contribution is 9.10. The zero-order chi connectivity index (χ0) is 25.3. The van der Waals surface area contributed by atoms with E-state index in [1.165, 1.54) is 11.7 Å². The number of piperidine rings is 1. The molecule has 0 saturated carbocycles. The number of benzene rings is 1. The predicted molar refractivity (Wildman–Crippen MR) is 135 cm³/mol. The fourth-order valence-corrected chi connectivity index (χ4v) is 4.85. The van der Waals surface area contributed by atoms with E-state index >= 15 is 0 Å². The third-order valence-corrected chi connectivity index (χ3v) is 6.75. The van der Waals surface area contributed by atoms with Crippen molar-refractivity contribution in [2.75, 3.05) is 25.0 Å². The molecule has 0 bridgehead atoms. The number of rotatable bonds is 6. The lowest BCUT2D eigenvalue weighted by Crippen LogP contribution is -2.44. The maximum Gasteiger partial charge on any atom is 0.294 e. The molecule has 12 heteroatoms. The van der Waals surface area contributed by atoms with E-state index in [2.05, 4.69) is 32.3 Å². The van der Waals surface area contributed by atoms with E-state index in [1.807, 2.05) is 11.8 Å². The molecule has 1 amide bonds. The van der Waals surface area contributed by atoms with Crippen molar-refractivity contribution in [2.24, 2.45) is 5.73 Å². The highest BCUT2D eigenvalue weighted by atomic mass is 79.9. The Morgan fingerprint density at radius 3 is 2.74 bits per heavy atom. The van der Waals surface area contributed by atoms with Crippen LogP contribution in [0.1, 0.15) is 30.9 Å². The first-order valence-corrected chi connectivity index (χ1v) is 12.2. The number of carbonyl (C=O) groups excluding carboxylic acids is 1. The molecular formula is C23H27BrN8O3. The van der Waals surface area contributed by atoms with Crippen LogP contribution in [-0.2, 0) is 24.4 Å². The van der Waals surface area contributed by atoms with Gasteiger partial charge in [0.25, 0.3) is 11.1 Å². The topological polar surface area (TPSA) is 144 Å². The number of halogens is 1. The molecular weight excluding hydrogens is 516 g/mol. The van der Waals surface area contributed by atoms with Gasteiger partial charge in [0.1, 0.15) is 12.1 Å². The summed E-state index contributed by atoms with van der Waals surface area (Å²) in [6, 6.07) is 7.23. The van der Waals surface area contributed by atoms with E-state index in [4.69, 9.17) is 5.73 Å². The Morgan fingerprint density at radius 2 is 2.09 bits per heavy atom. The average molecular weight is 543 g/mol. The SMILES string of the molecule is CCn1c(N2CCCC(N)C2)nc2c(=O)n(CC(=O)NC)n(Cc3ccc(Br)cc3C#N)c(=O)c21. The number of nitrogens with two attached hydrogens (primary N) is 1. The summed E-state index contributed by atoms with van der Waals surface area (Å²) < 4.78 is 4.79. The summed E-state index contributed by atoms with van der Waals surface area (Å²) in [7, 11) is 1.46. The number of nitriles is 1. The standard InChI is InChI=1S/C23H27BrN8O3/c1-3-30-20-19(28-23(30)29-8-4-5-17(26)12-29)21(34)32(13-18(33)27-2)31(22(20)35)11-14-6-7-16(24)9-15(14)10-25/h6-7,9,17H,3-5,8,11-13,26H2,1-2H3,(H,27,33). The number of anilines is 1. The number of aromatic nitrogens is 4. The van der Waals surface area contributed by atoms with E-state index < -0.39 is 17.0 Å². The molecule has 35 heavy (non-hydrogen) atoms. The summed E-state index contributed by atoms with van der Waals surface area (Å²) in [6.07, 6.45) is 1.79. The van der Waals surface area contributed by atoms with Crippen molar-refractivity contribution in [3.05, 3.63) is 54.5 Å². The molecule has 184 valence electrons. The summed E-state index contributed by atoms with van der Waals surface area (Å²) in [4.78, 5) is 46.3. The second kappa shape index (κ2) is 10.1. The van der Waals surface area contributed by atoms with Crippen LogP contribution in [0.15, 0.2) is 32.3 Å². The molecule has 1 unspecified atom stereocenters. The summed E-state index contributed by atoms with van der Waals surface area (Å²) in [6.45, 7) is 3.19. The lowest BCUT2D eigenvalue weighted by Gasteiger charge is -2.31. The number of nitrogens with one attached hydrogen (secondary N) is 1. The van der Waals surface area contributed by atoms with Crippen LogP contribution in [-0.4, -0.2) is 51.0 Å². The van der Waals surface area contributed by atoms with Crippen LogP contribution >= 0.6 is 15.9 Å². The molecule has 1 aromatic carbocycles. The predicted octanol–water partition coefficient (Wildman–Crippen LogP) is 0.736. The Hall–Kier alpha value is -3.43. The normalized spacial score (nSPS) is 15.9. The zero-order valence-corrected chi connectivity index (χ0v) is 21.2.